The highest BCUT2D eigenvalue weighted by Gasteiger charge is 2.29. The second-order valence-electron chi connectivity index (χ2n) is 6.09. The number of hydrogen-bond donors (Lipinski definition) is 1. The van der Waals surface area contributed by atoms with Crippen LogP contribution in [0.15, 0.2) is 47.0 Å². The van der Waals surface area contributed by atoms with Gasteiger partial charge in [0.1, 0.15) is 5.69 Å². The summed E-state index contributed by atoms with van der Waals surface area (Å²) in [6.45, 7) is 2.15. The molecule has 2 aromatic heterocycles. The first-order chi connectivity index (χ1) is 11.7. The van der Waals surface area contributed by atoms with Gasteiger partial charge in [-0.2, -0.15) is 5.10 Å². The Morgan fingerprint density at radius 1 is 1.29 bits per heavy atom. The van der Waals surface area contributed by atoms with Gasteiger partial charge in [0.2, 0.25) is 0 Å². The highest BCUT2D eigenvalue weighted by atomic mass is 16.5. The molecule has 0 bridgehead atoms. The fourth-order valence-corrected chi connectivity index (χ4v) is 2.66. The molecular formula is C18H18N4O2. The summed E-state index contributed by atoms with van der Waals surface area (Å²) >= 11 is 0. The summed E-state index contributed by atoms with van der Waals surface area (Å²) in [7, 11) is 0. The molecule has 0 radical (unpaired) electrons. The summed E-state index contributed by atoms with van der Waals surface area (Å²) in [5.41, 5.74) is 3.20. The van der Waals surface area contributed by atoms with Crippen molar-refractivity contribution in [1.29, 1.82) is 0 Å². The van der Waals surface area contributed by atoms with E-state index in [1.807, 2.05) is 49.4 Å². The van der Waals surface area contributed by atoms with Gasteiger partial charge in [-0.05, 0) is 38.0 Å². The molecule has 3 aromatic rings. The number of amides is 1. The summed E-state index contributed by atoms with van der Waals surface area (Å²) in [4.78, 5) is 12.6. The van der Waals surface area contributed by atoms with E-state index in [2.05, 4.69) is 15.6 Å². The Kier molecular flexibility index (Phi) is 3.65. The lowest BCUT2D eigenvalue weighted by Gasteiger charge is -2.07. The van der Waals surface area contributed by atoms with Gasteiger partial charge >= 0.3 is 0 Å². The smallest absolute Gasteiger partial charge is 0.270 e. The number of hydrogen-bond acceptors (Lipinski definition) is 4. The van der Waals surface area contributed by atoms with Crippen LogP contribution in [0.3, 0.4) is 0 Å². The molecule has 1 fully saturated rings. The number of nitrogens with zero attached hydrogens (tertiary/aromatic N) is 3. The van der Waals surface area contributed by atoms with Crippen LogP contribution in [0.5, 0.6) is 0 Å². The van der Waals surface area contributed by atoms with Gasteiger partial charge in [-0.3, -0.25) is 4.79 Å². The first-order valence-electron chi connectivity index (χ1n) is 8.06. The maximum atomic E-state index is 12.6. The van der Waals surface area contributed by atoms with Crippen LogP contribution < -0.4 is 5.32 Å². The predicted molar refractivity (Wildman–Crippen MR) is 87.9 cm³/mol. The molecule has 0 aliphatic heterocycles. The normalized spacial score (nSPS) is 13.9. The molecular weight excluding hydrogens is 304 g/mol. The minimum Gasteiger partial charge on any atom is -0.359 e. The Hall–Kier alpha value is -2.89. The Morgan fingerprint density at radius 2 is 2.08 bits per heavy atom. The van der Waals surface area contributed by atoms with Crippen LogP contribution in [-0.2, 0) is 6.54 Å². The molecule has 0 unspecified atom stereocenters. The largest absolute Gasteiger partial charge is 0.359 e. The molecule has 122 valence electrons. The van der Waals surface area contributed by atoms with Crippen LogP contribution in [-0.4, -0.2) is 20.8 Å². The van der Waals surface area contributed by atoms with E-state index in [1.165, 1.54) is 0 Å². The number of carbonyl (C=O) groups excluding carboxylic acids is 1. The van der Waals surface area contributed by atoms with Gasteiger partial charge in [0.15, 0.2) is 5.76 Å². The van der Waals surface area contributed by atoms with Crippen LogP contribution in [0.4, 0.5) is 0 Å². The minimum absolute atomic E-state index is 0.174. The molecule has 1 amide bonds. The fraction of sp³-hybridized carbons (Fsp3) is 0.278. The van der Waals surface area contributed by atoms with E-state index < -0.39 is 0 Å². The SMILES string of the molecule is Cc1cc(CNC(=O)c2cc(C3CC3)nn2-c2ccccc2)on1. The number of rotatable bonds is 5. The lowest BCUT2D eigenvalue weighted by atomic mass is 10.2. The molecule has 1 saturated carbocycles. The van der Waals surface area contributed by atoms with E-state index in [-0.39, 0.29) is 5.91 Å². The van der Waals surface area contributed by atoms with Crippen LogP contribution >= 0.6 is 0 Å². The predicted octanol–water partition coefficient (Wildman–Crippen LogP) is 2.98. The fourth-order valence-electron chi connectivity index (χ4n) is 2.66. The average Bonchev–Trinajstić information content (AvgIpc) is 3.22. The zero-order valence-electron chi connectivity index (χ0n) is 13.4. The van der Waals surface area contributed by atoms with Gasteiger partial charge in [-0.1, -0.05) is 23.4 Å². The first kappa shape index (κ1) is 14.7. The molecule has 6 nitrogen and oxygen atoms in total. The summed E-state index contributed by atoms with van der Waals surface area (Å²) in [6, 6.07) is 13.4. The van der Waals surface area contributed by atoms with Crippen LogP contribution in [0.1, 0.15) is 46.4 Å². The Bertz CT molecular complexity index is 862. The van der Waals surface area contributed by atoms with Crippen molar-refractivity contribution < 1.29 is 9.32 Å². The summed E-state index contributed by atoms with van der Waals surface area (Å²) in [5.74, 6) is 0.944. The molecule has 1 N–H and O–H groups in total. The molecule has 2 heterocycles. The summed E-state index contributed by atoms with van der Waals surface area (Å²) < 4.78 is 6.85. The van der Waals surface area contributed by atoms with Crippen LogP contribution in [0, 0.1) is 6.92 Å². The molecule has 0 saturated heterocycles. The minimum atomic E-state index is -0.174. The Balaban J connectivity index is 1.59. The highest BCUT2D eigenvalue weighted by molar-refractivity contribution is 5.93. The van der Waals surface area contributed by atoms with Crippen molar-refractivity contribution in [1.82, 2.24) is 20.3 Å². The van der Waals surface area contributed by atoms with Gasteiger partial charge < -0.3 is 9.84 Å². The Labute approximate surface area is 139 Å². The maximum Gasteiger partial charge on any atom is 0.270 e. The number of benzene rings is 1. The zero-order valence-corrected chi connectivity index (χ0v) is 13.4. The quantitative estimate of drug-likeness (QED) is 0.784. The molecule has 0 spiro atoms. The highest BCUT2D eigenvalue weighted by Crippen LogP contribution is 2.39. The zero-order chi connectivity index (χ0) is 16.5. The van der Waals surface area contributed by atoms with Crippen molar-refractivity contribution in [2.24, 2.45) is 0 Å². The third-order valence-electron chi connectivity index (χ3n) is 4.06. The van der Waals surface area contributed by atoms with Gasteiger partial charge in [0, 0.05) is 12.0 Å². The average molecular weight is 322 g/mol. The van der Waals surface area contributed by atoms with Gasteiger partial charge in [-0.25, -0.2) is 4.68 Å². The molecule has 4 rings (SSSR count). The van der Waals surface area contributed by atoms with E-state index in [4.69, 9.17) is 4.52 Å². The third-order valence-corrected chi connectivity index (χ3v) is 4.06. The van der Waals surface area contributed by atoms with E-state index in [1.54, 1.807) is 4.68 Å². The molecule has 0 atom stereocenters. The second kappa shape index (κ2) is 5.96. The number of carbonyl (C=O) groups is 1. The van der Waals surface area contributed by atoms with E-state index in [0.29, 0.717) is 23.9 Å². The monoisotopic (exact) mass is 322 g/mol. The molecule has 1 aromatic carbocycles. The van der Waals surface area contributed by atoms with Crippen molar-refractivity contribution in [2.45, 2.75) is 32.2 Å². The van der Waals surface area contributed by atoms with E-state index in [9.17, 15) is 4.79 Å². The summed E-state index contributed by atoms with van der Waals surface area (Å²) in [5, 5.41) is 11.3. The number of nitrogens with one attached hydrogen (secondary N) is 1. The molecule has 1 aliphatic carbocycles. The number of aryl methyl sites for hydroxylation is 1. The van der Waals surface area contributed by atoms with E-state index >= 15 is 0 Å². The number of aromatic nitrogens is 3. The van der Waals surface area contributed by atoms with E-state index in [0.717, 1.165) is 29.9 Å². The van der Waals surface area contributed by atoms with Crippen molar-refractivity contribution in [3.05, 3.63) is 65.3 Å². The standard InChI is InChI=1S/C18H18N4O2/c1-12-9-15(24-21-12)11-19-18(23)17-10-16(13-7-8-13)20-22(17)14-5-3-2-4-6-14/h2-6,9-10,13H,7-8,11H2,1H3,(H,19,23). The van der Waals surface area contributed by atoms with Gasteiger partial charge in [0.25, 0.3) is 5.91 Å². The second-order valence-corrected chi connectivity index (χ2v) is 6.09. The first-order valence-corrected chi connectivity index (χ1v) is 8.06. The van der Waals surface area contributed by atoms with Crippen molar-refractivity contribution >= 4 is 5.91 Å². The Morgan fingerprint density at radius 3 is 2.75 bits per heavy atom. The lowest BCUT2D eigenvalue weighted by molar-refractivity contribution is 0.0939. The van der Waals surface area contributed by atoms with Gasteiger partial charge in [-0.15, -0.1) is 0 Å². The summed E-state index contributed by atoms with van der Waals surface area (Å²) in [6.07, 6.45) is 2.29. The molecule has 1 aliphatic rings. The number of para-hydroxylation sites is 1. The third kappa shape index (κ3) is 2.95. The van der Waals surface area contributed by atoms with Crippen LogP contribution in [0.2, 0.25) is 0 Å². The maximum absolute atomic E-state index is 12.6. The topological polar surface area (TPSA) is 73.0 Å². The molecule has 6 heteroatoms. The van der Waals surface area contributed by atoms with Gasteiger partial charge in [0.05, 0.1) is 23.6 Å². The van der Waals surface area contributed by atoms with Crippen molar-refractivity contribution in [2.75, 3.05) is 0 Å². The lowest BCUT2D eigenvalue weighted by Crippen LogP contribution is -2.25. The van der Waals surface area contributed by atoms with Crippen molar-refractivity contribution in [3.63, 3.8) is 0 Å². The van der Waals surface area contributed by atoms with Crippen molar-refractivity contribution in [3.8, 4) is 5.69 Å². The molecule has 24 heavy (non-hydrogen) atoms. The van der Waals surface area contributed by atoms with Crippen LogP contribution in [0.25, 0.3) is 5.69 Å².